The van der Waals surface area contributed by atoms with E-state index in [1.165, 1.54) is 32.4 Å². The van der Waals surface area contributed by atoms with Crippen molar-refractivity contribution in [3.63, 3.8) is 0 Å². The third-order valence-electron chi connectivity index (χ3n) is 3.58. The molecular formula is C16H22Cl2N4. The first-order valence-electron chi connectivity index (χ1n) is 7.55. The van der Waals surface area contributed by atoms with E-state index < -0.39 is 0 Å². The molecular weight excluding hydrogens is 319 g/mol. The number of rotatable bonds is 6. The molecule has 6 heteroatoms. The van der Waals surface area contributed by atoms with Crippen LogP contribution in [0.1, 0.15) is 19.3 Å². The van der Waals surface area contributed by atoms with Gasteiger partial charge in [-0.05, 0) is 50.2 Å². The molecule has 1 aliphatic heterocycles. The molecule has 0 bridgehead atoms. The number of halogens is 2. The zero-order valence-electron chi connectivity index (χ0n) is 12.6. The number of nitrogens with zero attached hydrogens (tertiary/aromatic N) is 2. The highest BCUT2D eigenvalue weighted by atomic mass is 35.5. The Bertz CT molecular complexity index is 537. The number of nitrogens with one attached hydrogen (secondary N) is 1. The minimum absolute atomic E-state index is 0.509. The predicted octanol–water partition coefficient (Wildman–Crippen LogP) is 3.76. The Morgan fingerprint density at radius 3 is 2.77 bits per heavy atom. The topological polar surface area (TPSA) is 53.6 Å². The molecule has 1 aromatic rings. The molecule has 0 radical (unpaired) electrons. The van der Waals surface area contributed by atoms with Gasteiger partial charge in [0.1, 0.15) is 5.84 Å². The molecule has 4 nitrogen and oxygen atoms in total. The van der Waals surface area contributed by atoms with Gasteiger partial charge in [-0.1, -0.05) is 29.6 Å². The molecule has 0 aromatic heterocycles. The Labute approximate surface area is 142 Å². The first kappa shape index (κ1) is 17.1. The van der Waals surface area contributed by atoms with Gasteiger partial charge < -0.3 is 16.0 Å². The maximum Gasteiger partial charge on any atom is 0.119 e. The minimum Gasteiger partial charge on any atom is -0.384 e. The third-order valence-corrected chi connectivity index (χ3v) is 4.13. The van der Waals surface area contributed by atoms with E-state index in [2.05, 4.69) is 15.2 Å². The van der Waals surface area contributed by atoms with Crippen molar-refractivity contribution in [2.24, 2.45) is 10.7 Å². The van der Waals surface area contributed by atoms with Crippen molar-refractivity contribution in [3.05, 3.63) is 40.5 Å². The average Bonchev–Trinajstić information content (AvgIpc) is 2.50. The van der Waals surface area contributed by atoms with Gasteiger partial charge in [0, 0.05) is 17.8 Å². The SMILES string of the molecule is NC(/C=C\Nc1ccc(Cl)cc1Cl)=NCCN1CCCCC1. The first-order valence-corrected chi connectivity index (χ1v) is 8.31. The summed E-state index contributed by atoms with van der Waals surface area (Å²) in [4.78, 5) is 6.80. The normalized spacial score (nSPS) is 17.1. The molecule has 22 heavy (non-hydrogen) atoms. The largest absolute Gasteiger partial charge is 0.384 e. The van der Waals surface area contributed by atoms with Crippen LogP contribution >= 0.6 is 23.2 Å². The molecule has 0 unspecified atom stereocenters. The van der Waals surface area contributed by atoms with Crippen LogP contribution in [0.4, 0.5) is 5.69 Å². The van der Waals surface area contributed by atoms with Crippen LogP contribution in [0.3, 0.4) is 0 Å². The van der Waals surface area contributed by atoms with E-state index in [9.17, 15) is 0 Å². The second-order valence-electron chi connectivity index (χ2n) is 5.31. The number of aliphatic imine (C=N–C) groups is 1. The van der Waals surface area contributed by atoms with Crippen molar-refractivity contribution in [3.8, 4) is 0 Å². The van der Waals surface area contributed by atoms with Gasteiger partial charge in [0.2, 0.25) is 0 Å². The summed E-state index contributed by atoms with van der Waals surface area (Å²) in [6.45, 7) is 4.08. The van der Waals surface area contributed by atoms with Gasteiger partial charge in [-0.2, -0.15) is 0 Å². The third kappa shape index (κ3) is 5.87. The Morgan fingerprint density at radius 2 is 2.05 bits per heavy atom. The average molecular weight is 341 g/mol. The molecule has 1 heterocycles. The lowest BCUT2D eigenvalue weighted by Gasteiger charge is -2.25. The molecule has 2 rings (SSSR count). The van der Waals surface area contributed by atoms with E-state index >= 15 is 0 Å². The van der Waals surface area contributed by atoms with Crippen molar-refractivity contribution in [1.82, 2.24) is 4.90 Å². The molecule has 1 aliphatic rings. The maximum absolute atomic E-state index is 6.07. The molecule has 1 saturated heterocycles. The fraction of sp³-hybridized carbons (Fsp3) is 0.438. The van der Waals surface area contributed by atoms with Crippen LogP contribution in [0.5, 0.6) is 0 Å². The molecule has 0 saturated carbocycles. The van der Waals surface area contributed by atoms with Gasteiger partial charge in [-0.3, -0.25) is 4.99 Å². The molecule has 0 aliphatic carbocycles. The Morgan fingerprint density at radius 1 is 1.27 bits per heavy atom. The molecule has 0 spiro atoms. The lowest BCUT2D eigenvalue weighted by molar-refractivity contribution is 0.235. The Hall–Kier alpha value is -1.23. The van der Waals surface area contributed by atoms with Crippen molar-refractivity contribution in [1.29, 1.82) is 0 Å². The summed E-state index contributed by atoms with van der Waals surface area (Å²) >= 11 is 11.9. The first-order chi connectivity index (χ1) is 10.6. The smallest absolute Gasteiger partial charge is 0.119 e. The van der Waals surface area contributed by atoms with Crippen molar-refractivity contribution < 1.29 is 0 Å². The molecule has 3 N–H and O–H groups in total. The highest BCUT2D eigenvalue weighted by Crippen LogP contribution is 2.25. The van der Waals surface area contributed by atoms with E-state index in [-0.39, 0.29) is 0 Å². The van der Waals surface area contributed by atoms with Crippen LogP contribution in [0.25, 0.3) is 0 Å². The molecule has 120 valence electrons. The molecule has 0 amide bonds. The van der Waals surface area contributed by atoms with Crippen LogP contribution in [0, 0.1) is 0 Å². The van der Waals surface area contributed by atoms with Crippen LogP contribution < -0.4 is 11.1 Å². The summed E-state index contributed by atoms with van der Waals surface area (Å²) in [5.41, 5.74) is 6.65. The monoisotopic (exact) mass is 340 g/mol. The Kier molecular flexibility index (Phi) is 7.03. The number of likely N-dealkylation sites (tertiary alicyclic amines) is 1. The van der Waals surface area contributed by atoms with Gasteiger partial charge in [0.25, 0.3) is 0 Å². The van der Waals surface area contributed by atoms with Gasteiger partial charge in [0.15, 0.2) is 0 Å². The predicted molar refractivity (Wildman–Crippen MR) is 96.0 cm³/mol. The minimum atomic E-state index is 0.509. The van der Waals surface area contributed by atoms with E-state index in [1.807, 2.05) is 6.07 Å². The van der Waals surface area contributed by atoms with Gasteiger partial charge in [0.05, 0.1) is 17.3 Å². The molecule has 1 fully saturated rings. The number of hydrogen-bond donors (Lipinski definition) is 2. The fourth-order valence-electron chi connectivity index (χ4n) is 2.38. The van der Waals surface area contributed by atoms with E-state index in [4.69, 9.17) is 28.9 Å². The highest BCUT2D eigenvalue weighted by molar-refractivity contribution is 6.36. The van der Waals surface area contributed by atoms with E-state index in [0.717, 1.165) is 18.8 Å². The van der Waals surface area contributed by atoms with Crippen molar-refractivity contribution in [2.45, 2.75) is 19.3 Å². The fourth-order valence-corrected chi connectivity index (χ4v) is 2.84. The van der Waals surface area contributed by atoms with Crippen molar-refractivity contribution >= 4 is 34.7 Å². The lowest BCUT2D eigenvalue weighted by Crippen LogP contribution is -2.32. The van der Waals surface area contributed by atoms with Gasteiger partial charge in [-0.15, -0.1) is 0 Å². The zero-order chi connectivity index (χ0) is 15.8. The standard InChI is InChI=1S/C16H22Cl2N4/c17-13-4-5-15(14(18)12-13)20-7-6-16(19)21-8-11-22-9-2-1-3-10-22/h4-7,12,20H,1-3,8-11H2,(H2,19,21)/b7-6-. The summed E-state index contributed by atoms with van der Waals surface area (Å²) < 4.78 is 0. The summed E-state index contributed by atoms with van der Waals surface area (Å²) in [5.74, 6) is 0.509. The maximum atomic E-state index is 6.07. The summed E-state index contributed by atoms with van der Waals surface area (Å²) in [5, 5.41) is 4.25. The number of nitrogens with two attached hydrogens (primary N) is 1. The number of anilines is 1. The van der Waals surface area contributed by atoms with Gasteiger partial charge >= 0.3 is 0 Å². The number of piperidine rings is 1. The second kappa shape index (κ2) is 9.03. The van der Waals surface area contributed by atoms with Crippen LogP contribution in [0.2, 0.25) is 10.0 Å². The van der Waals surface area contributed by atoms with Gasteiger partial charge in [-0.25, -0.2) is 0 Å². The Balaban J connectivity index is 1.75. The highest BCUT2D eigenvalue weighted by Gasteiger charge is 2.08. The molecule has 0 atom stereocenters. The number of benzene rings is 1. The number of hydrogen-bond acceptors (Lipinski definition) is 3. The van der Waals surface area contributed by atoms with Crippen molar-refractivity contribution in [2.75, 3.05) is 31.5 Å². The summed E-state index contributed by atoms with van der Waals surface area (Å²) in [6, 6.07) is 5.29. The summed E-state index contributed by atoms with van der Waals surface area (Å²) in [6.07, 6.45) is 7.41. The lowest BCUT2D eigenvalue weighted by atomic mass is 10.1. The summed E-state index contributed by atoms with van der Waals surface area (Å²) in [7, 11) is 0. The van der Waals surface area contributed by atoms with E-state index in [0.29, 0.717) is 15.9 Å². The second-order valence-corrected chi connectivity index (χ2v) is 6.15. The van der Waals surface area contributed by atoms with Crippen LogP contribution in [-0.2, 0) is 0 Å². The van der Waals surface area contributed by atoms with Crippen LogP contribution in [0.15, 0.2) is 35.5 Å². The zero-order valence-corrected chi connectivity index (χ0v) is 14.1. The van der Waals surface area contributed by atoms with E-state index in [1.54, 1.807) is 24.4 Å². The quantitative estimate of drug-likeness (QED) is 0.612. The van der Waals surface area contributed by atoms with Crippen LogP contribution in [-0.4, -0.2) is 36.9 Å². The number of amidine groups is 1. The molecule has 1 aromatic carbocycles.